The fraction of sp³-hybridized carbons (Fsp3) is 0.687. The lowest BCUT2D eigenvalue weighted by Gasteiger charge is -2.29. The lowest BCUT2D eigenvalue weighted by molar-refractivity contribution is -0.136. The van der Waals surface area contributed by atoms with Crippen molar-refractivity contribution in [2.75, 3.05) is 71.2 Å². The maximum absolute atomic E-state index is 15.0. The van der Waals surface area contributed by atoms with Gasteiger partial charge < -0.3 is 164 Å². The van der Waals surface area contributed by atoms with E-state index in [2.05, 4.69) is 119 Å². The van der Waals surface area contributed by atoms with Crippen molar-refractivity contribution in [3.63, 3.8) is 0 Å². The van der Waals surface area contributed by atoms with Crippen molar-refractivity contribution < 1.29 is 62.3 Å². The molecule has 0 saturated carbocycles. The molecule has 0 aromatic heterocycles. The molecular formula is C67H132N38O13S. The summed E-state index contributed by atoms with van der Waals surface area (Å²) in [4.78, 5) is 183. The van der Waals surface area contributed by atoms with Gasteiger partial charge in [-0.15, -0.1) is 0 Å². The summed E-state index contributed by atoms with van der Waals surface area (Å²) in [7, 11) is 0. The molecule has 11 atom stereocenters. The maximum Gasteiger partial charge on any atom is 0.244 e. The molecule has 119 heavy (non-hydrogen) atoms. The number of nitrogens with one attached hydrogen (secondary N) is 28. The van der Waals surface area contributed by atoms with Crippen molar-refractivity contribution in [1.82, 2.24) is 106 Å². The van der Waals surface area contributed by atoms with Crippen molar-refractivity contribution in [2.45, 2.75) is 216 Å². The third kappa shape index (κ3) is 50.6. The summed E-state index contributed by atoms with van der Waals surface area (Å²) < 4.78 is 0. The molecule has 52 heteroatoms. The van der Waals surface area contributed by atoms with Gasteiger partial charge in [-0.3, -0.25) is 106 Å². The molecule has 0 saturated heterocycles. The minimum absolute atomic E-state index is 0.00753. The van der Waals surface area contributed by atoms with Gasteiger partial charge in [0.1, 0.15) is 66.5 Å². The van der Waals surface area contributed by atoms with Gasteiger partial charge in [0.05, 0.1) is 6.54 Å². The Hall–Kier alpha value is -12.4. The molecule has 674 valence electrons. The van der Waals surface area contributed by atoms with Crippen molar-refractivity contribution in [2.24, 2.45) is 62.8 Å². The van der Waals surface area contributed by atoms with Crippen LogP contribution in [-0.2, 0) is 62.3 Å². The first-order valence-corrected chi connectivity index (χ1v) is 39.4. The van der Waals surface area contributed by atoms with Crippen molar-refractivity contribution in [1.29, 1.82) is 43.3 Å². The van der Waals surface area contributed by atoms with Gasteiger partial charge in [-0.2, -0.15) is 12.6 Å². The zero-order chi connectivity index (χ0) is 90.3. The third-order valence-electron chi connectivity index (χ3n) is 17.2. The minimum Gasteiger partial charge on any atom is -0.370 e. The molecule has 13 amide bonds. The largest absolute Gasteiger partial charge is 0.370 e. The van der Waals surface area contributed by atoms with E-state index in [1.54, 1.807) is 20.8 Å². The van der Waals surface area contributed by atoms with E-state index >= 15 is 9.59 Å². The molecule has 0 aliphatic heterocycles. The highest BCUT2D eigenvalue weighted by atomic mass is 32.1. The first kappa shape index (κ1) is 107. The van der Waals surface area contributed by atoms with Gasteiger partial charge in [0.25, 0.3) is 0 Å². The standard InChI is InChI=1S/C67H132N38O13S/c1-35(95-58(118)67(2,3)4)48(108)94-33-46(106)96-37(16-7-25-86-59(70)71)49(109)98-38(17-8-26-87-60(72)73)50(110)99-39(18-9-27-88-61(74)75)51(111)100-40(19-10-28-89-62(76)77)52(112)101-41(20-11-29-90-63(78)79)53(113)102-42(21-12-30-91-64(80)81)54(114)103-43(22-13-31-92-65(82)83)55(115)104-44(23-14-32-93-66(84)85)56(116)105-45(34-119)57(117)97-36(47(69)107)15-5-6-24-68/h35-45,119H,5-34,68H2,1-4H3,(H2,69,107)(H,94,108)(H,95,118)(H,96,106)(H,97,117)(H,98,109)(H,99,110)(H,100,111)(H,101,112)(H,102,113)(H,103,114)(H,104,115)(H,105,116)(H4,70,71,86)(H4,72,73,87)(H4,74,75,88)(H4,76,77,89)(H4,78,79,90)(H4,80,81,91)(H4,82,83,92)(H4,84,85,93)/t35-,36+,37+,38+,39+,40+,41+,42+,43+,44+,45+/m0/s1. The number of nitrogens with two attached hydrogens (primary N) is 10. The van der Waals surface area contributed by atoms with E-state index in [1.165, 1.54) is 6.92 Å². The number of carbonyl (C=O) groups is 13. The number of rotatable bonds is 61. The number of hydrogen-bond acceptors (Lipinski definition) is 23. The molecule has 0 aliphatic rings. The van der Waals surface area contributed by atoms with Crippen LogP contribution < -0.4 is 164 Å². The van der Waals surface area contributed by atoms with E-state index in [1.807, 2.05) is 0 Å². The molecule has 0 radical (unpaired) electrons. The van der Waals surface area contributed by atoms with E-state index in [9.17, 15) is 52.7 Å². The normalized spacial score (nSPS) is 13.6. The summed E-state index contributed by atoms with van der Waals surface area (Å²) in [6.07, 6.45) is -0.715. The second kappa shape index (κ2) is 59.3. The van der Waals surface area contributed by atoms with Gasteiger partial charge in [0.2, 0.25) is 76.8 Å². The molecule has 0 spiro atoms. The van der Waals surface area contributed by atoms with E-state index in [0.29, 0.717) is 19.4 Å². The Balaban J connectivity index is 7.98. The number of thiol groups is 1. The monoisotopic (exact) mass is 1710 g/mol. The van der Waals surface area contributed by atoms with E-state index in [-0.39, 0.29) is 167 Å². The van der Waals surface area contributed by atoms with Gasteiger partial charge in [0.15, 0.2) is 47.7 Å². The molecule has 0 aromatic carbocycles. The van der Waals surface area contributed by atoms with Gasteiger partial charge in [0, 0.05) is 63.5 Å². The molecule has 0 aliphatic carbocycles. The van der Waals surface area contributed by atoms with Crippen LogP contribution in [0.5, 0.6) is 0 Å². The number of amides is 13. The van der Waals surface area contributed by atoms with Crippen molar-refractivity contribution in [3.8, 4) is 0 Å². The van der Waals surface area contributed by atoms with Crippen LogP contribution in [0.25, 0.3) is 0 Å². The van der Waals surface area contributed by atoms with E-state index in [4.69, 9.17) is 101 Å². The molecule has 48 N–H and O–H groups in total. The minimum atomic E-state index is -1.64. The SMILES string of the molecule is C[C@H](NC(=O)C(C)(C)C)C(=O)NCC(=O)N[C@H](CCCNC(=N)N)C(=O)N[C@H](CCCNC(=N)N)C(=O)N[C@H](CCCNC(=N)N)C(=O)N[C@H](CCCNC(=N)N)C(=O)N[C@H](CCCNC(=N)N)C(=O)N[C@H](CCCNC(=N)N)C(=O)N[C@H](CCCNC(=N)N)C(=O)N[C@H](CCCNC(=N)N)C(=O)N[C@H](CS)C(=O)N[C@H](CCCCN)C(N)=O. The van der Waals surface area contributed by atoms with Gasteiger partial charge >= 0.3 is 0 Å². The van der Waals surface area contributed by atoms with Crippen LogP contribution in [0.1, 0.15) is 150 Å². The van der Waals surface area contributed by atoms with Crippen LogP contribution in [0, 0.1) is 48.7 Å². The zero-order valence-corrected chi connectivity index (χ0v) is 69.0. The summed E-state index contributed by atoms with van der Waals surface area (Å²) in [6.45, 7) is 5.68. The first-order chi connectivity index (χ1) is 55.9. The van der Waals surface area contributed by atoms with Crippen LogP contribution >= 0.6 is 12.6 Å². The molecular weight excluding hydrogens is 1580 g/mol. The summed E-state index contributed by atoms with van der Waals surface area (Å²) in [5, 5.41) is 113. The number of hydrogen-bond donors (Lipinski definition) is 39. The number of primary amides is 1. The lowest BCUT2D eigenvalue weighted by atomic mass is 9.95. The molecule has 0 fully saturated rings. The first-order valence-electron chi connectivity index (χ1n) is 38.8. The number of guanidine groups is 8. The maximum atomic E-state index is 15.0. The topological polar surface area (TPSA) is 914 Å². The van der Waals surface area contributed by atoms with Gasteiger partial charge in [-0.05, 0) is 135 Å². The third-order valence-corrected chi connectivity index (χ3v) is 17.6. The van der Waals surface area contributed by atoms with Crippen LogP contribution in [-0.4, -0.2) is 262 Å². The highest BCUT2D eigenvalue weighted by Gasteiger charge is 2.37. The quantitative estimate of drug-likeness (QED) is 0.0116. The summed E-state index contributed by atoms with van der Waals surface area (Å²) in [5.74, 6) is -15.7. The summed E-state index contributed by atoms with van der Waals surface area (Å²) >= 11 is 4.25. The van der Waals surface area contributed by atoms with Crippen LogP contribution in [0.4, 0.5) is 0 Å². The molecule has 0 aromatic rings. The molecule has 51 nitrogen and oxygen atoms in total. The summed E-state index contributed by atoms with van der Waals surface area (Å²) in [5.41, 5.74) is 54.7. The Morgan fingerprint density at radius 2 is 0.479 bits per heavy atom. The predicted molar refractivity (Wildman–Crippen MR) is 449 cm³/mol. The smallest absolute Gasteiger partial charge is 0.244 e. The Morgan fingerprint density at radius 3 is 0.681 bits per heavy atom. The molecule has 0 rings (SSSR count). The van der Waals surface area contributed by atoms with E-state index in [0.717, 1.165) is 0 Å². The van der Waals surface area contributed by atoms with Gasteiger partial charge in [-0.1, -0.05) is 20.8 Å². The Labute approximate surface area is 696 Å². The van der Waals surface area contributed by atoms with Crippen LogP contribution in [0.2, 0.25) is 0 Å². The molecule has 0 heterocycles. The van der Waals surface area contributed by atoms with Crippen molar-refractivity contribution >= 4 is 137 Å². The Kier molecular flexibility index (Phi) is 53.1. The predicted octanol–water partition coefficient (Wildman–Crippen LogP) is -11.8. The molecule has 0 unspecified atom stereocenters. The average molecular weight is 1710 g/mol. The summed E-state index contributed by atoms with van der Waals surface area (Å²) in [6, 6.07) is -16.2. The van der Waals surface area contributed by atoms with E-state index < -0.39 is 203 Å². The Bertz CT molecular complexity index is 3400. The average Bonchev–Trinajstić information content (AvgIpc) is 0.859. The van der Waals surface area contributed by atoms with Gasteiger partial charge in [-0.25, -0.2) is 0 Å². The zero-order valence-electron chi connectivity index (χ0n) is 68.1. The highest BCUT2D eigenvalue weighted by Crippen LogP contribution is 2.14. The second-order valence-corrected chi connectivity index (χ2v) is 28.9. The van der Waals surface area contributed by atoms with Crippen LogP contribution in [0.15, 0.2) is 0 Å². The Morgan fingerprint density at radius 1 is 0.277 bits per heavy atom. The fourth-order valence-electron chi connectivity index (χ4n) is 10.9. The lowest BCUT2D eigenvalue weighted by Crippen LogP contribution is -2.61. The second-order valence-electron chi connectivity index (χ2n) is 28.6. The number of carbonyl (C=O) groups excluding carboxylic acids is 13. The van der Waals surface area contributed by atoms with Crippen molar-refractivity contribution in [3.05, 3.63) is 0 Å². The fourth-order valence-corrected chi connectivity index (χ4v) is 11.1. The highest BCUT2D eigenvalue weighted by molar-refractivity contribution is 7.80. The molecule has 0 bridgehead atoms. The van der Waals surface area contributed by atoms with Crippen LogP contribution in [0.3, 0.4) is 0 Å². The number of unbranched alkanes of at least 4 members (excludes halogenated alkanes) is 1.